The van der Waals surface area contributed by atoms with E-state index in [-0.39, 0.29) is 0 Å². The van der Waals surface area contributed by atoms with Crippen LogP contribution in [0, 0.1) is 0 Å². The van der Waals surface area contributed by atoms with Gasteiger partial charge in [0.25, 0.3) is 0 Å². The van der Waals surface area contributed by atoms with E-state index in [1.165, 1.54) is 73.9 Å². The minimum absolute atomic E-state index is 0.429. The molecule has 2 atom stereocenters. The number of hydrogen-bond donors (Lipinski definition) is 4. The summed E-state index contributed by atoms with van der Waals surface area (Å²) < 4.78 is 0. The van der Waals surface area contributed by atoms with Gasteiger partial charge in [0.2, 0.25) is 0 Å². The predicted octanol–water partition coefficient (Wildman–Crippen LogP) is 5.09. The van der Waals surface area contributed by atoms with Crippen molar-refractivity contribution in [3.8, 4) is 11.4 Å². The van der Waals surface area contributed by atoms with Crippen LogP contribution in [0.1, 0.15) is 98.1 Å². The van der Waals surface area contributed by atoms with Crippen LogP contribution in [-0.4, -0.2) is 33.0 Å². The van der Waals surface area contributed by atoms with E-state index >= 15 is 0 Å². The third-order valence-electron chi connectivity index (χ3n) is 7.86. The fraction of sp³-hybridized carbons (Fsp3) is 0.538. The van der Waals surface area contributed by atoms with E-state index in [2.05, 4.69) is 61.0 Å². The summed E-state index contributed by atoms with van der Waals surface area (Å²) >= 11 is 0. The van der Waals surface area contributed by atoms with Crippen molar-refractivity contribution in [2.45, 2.75) is 75.3 Å². The molecule has 3 aliphatic rings. The van der Waals surface area contributed by atoms with Crippen LogP contribution in [0.4, 0.5) is 0 Å². The van der Waals surface area contributed by atoms with Gasteiger partial charge in [0.05, 0.1) is 17.9 Å². The number of aromatic amines is 2. The lowest BCUT2D eigenvalue weighted by atomic mass is 9.77. The minimum Gasteiger partial charge on any atom is -0.344 e. The molecule has 4 heterocycles. The summed E-state index contributed by atoms with van der Waals surface area (Å²) in [5.74, 6) is 3.41. The quantitative estimate of drug-likeness (QED) is 0.454. The average Bonchev–Trinajstić information content (AvgIpc) is 3.66. The first-order chi connectivity index (χ1) is 15.8. The number of nitrogens with one attached hydrogen (secondary N) is 4. The van der Waals surface area contributed by atoms with Gasteiger partial charge in [-0.15, -0.1) is 0 Å². The number of H-pyrrole nitrogens is 2. The van der Waals surface area contributed by atoms with Gasteiger partial charge in [-0.05, 0) is 75.9 Å². The normalized spacial score (nSPS) is 28.4. The van der Waals surface area contributed by atoms with Crippen molar-refractivity contribution in [2.24, 2.45) is 0 Å². The molecule has 32 heavy (non-hydrogen) atoms. The largest absolute Gasteiger partial charge is 0.344 e. The first-order valence-electron chi connectivity index (χ1n) is 12.5. The SMILES string of the molecule is c1cc(C2CCC(c3cnc([C@@H]4CCCN4)[nH]3)CC2)ccc1-c1ncc([C@@H]2CCCN2)[nH]1. The van der Waals surface area contributed by atoms with Crippen LogP contribution < -0.4 is 10.6 Å². The topological polar surface area (TPSA) is 81.4 Å². The van der Waals surface area contributed by atoms with Crippen LogP contribution in [0.2, 0.25) is 0 Å². The van der Waals surface area contributed by atoms with E-state index in [1.54, 1.807) is 0 Å². The lowest BCUT2D eigenvalue weighted by Gasteiger charge is -2.28. The first kappa shape index (κ1) is 20.2. The highest BCUT2D eigenvalue weighted by Crippen LogP contribution is 2.40. The van der Waals surface area contributed by atoms with Crippen LogP contribution in [0.5, 0.6) is 0 Å². The lowest BCUT2D eigenvalue weighted by Crippen LogP contribution is -2.15. The van der Waals surface area contributed by atoms with E-state index in [9.17, 15) is 0 Å². The van der Waals surface area contributed by atoms with Gasteiger partial charge in [0, 0.05) is 29.4 Å². The Bertz CT molecular complexity index is 1010. The Labute approximate surface area is 190 Å². The second kappa shape index (κ2) is 8.83. The third kappa shape index (κ3) is 4.02. The van der Waals surface area contributed by atoms with Gasteiger partial charge in [0.1, 0.15) is 11.6 Å². The predicted molar refractivity (Wildman–Crippen MR) is 127 cm³/mol. The van der Waals surface area contributed by atoms with Crippen molar-refractivity contribution in [1.29, 1.82) is 0 Å². The van der Waals surface area contributed by atoms with Gasteiger partial charge in [-0.2, -0.15) is 0 Å². The smallest absolute Gasteiger partial charge is 0.137 e. The van der Waals surface area contributed by atoms with Crippen LogP contribution in [0.25, 0.3) is 11.4 Å². The second-order valence-corrected chi connectivity index (χ2v) is 9.88. The molecule has 3 aromatic rings. The van der Waals surface area contributed by atoms with Gasteiger partial charge in [-0.25, -0.2) is 9.97 Å². The summed E-state index contributed by atoms with van der Waals surface area (Å²) in [6.07, 6.45) is 14.0. The van der Waals surface area contributed by atoms with Crippen LogP contribution in [-0.2, 0) is 0 Å². The first-order valence-corrected chi connectivity index (χ1v) is 12.5. The maximum Gasteiger partial charge on any atom is 0.137 e. The van der Waals surface area contributed by atoms with E-state index in [0.29, 0.717) is 23.9 Å². The van der Waals surface area contributed by atoms with Crippen LogP contribution in [0.15, 0.2) is 36.7 Å². The van der Waals surface area contributed by atoms with Crippen molar-refractivity contribution in [1.82, 2.24) is 30.6 Å². The highest BCUT2D eigenvalue weighted by Gasteiger charge is 2.26. The molecule has 0 amide bonds. The number of rotatable bonds is 5. The molecule has 0 unspecified atom stereocenters. The Balaban J connectivity index is 1.07. The van der Waals surface area contributed by atoms with Gasteiger partial charge in [-0.1, -0.05) is 24.3 Å². The van der Waals surface area contributed by atoms with Crippen molar-refractivity contribution in [3.05, 3.63) is 59.4 Å². The molecule has 0 bridgehead atoms. The monoisotopic (exact) mass is 430 g/mol. The Morgan fingerprint density at radius 1 is 0.656 bits per heavy atom. The summed E-state index contributed by atoms with van der Waals surface area (Å²) in [6.45, 7) is 2.22. The number of benzene rings is 1. The van der Waals surface area contributed by atoms with E-state index in [1.807, 2.05) is 6.20 Å². The molecule has 0 radical (unpaired) electrons. The summed E-state index contributed by atoms with van der Waals surface area (Å²) in [5.41, 5.74) is 5.20. The molecule has 168 valence electrons. The second-order valence-electron chi connectivity index (χ2n) is 9.88. The average molecular weight is 431 g/mol. The van der Waals surface area contributed by atoms with E-state index < -0.39 is 0 Å². The van der Waals surface area contributed by atoms with Gasteiger partial charge in [0.15, 0.2) is 0 Å². The Hall–Kier alpha value is -2.44. The molecule has 6 rings (SSSR count). The molecule has 2 aromatic heterocycles. The molecule has 3 fully saturated rings. The van der Waals surface area contributed by atoms with Crippen LogP contribution >= 0.6 is 0 Å². The third-order valence-corrected chi connectivity index (χ3v) is 7.86. The summed E-state index contributed by atoms with van der Waals surface area (Å²) in [5, 5.41) is 7.09. The molecule has 1 saturated carbocycles. The fourth-order valence-electron chi connectivity index (χ4n) is 5.91. The Morgan fingerprint density at radius 2 is 1.34 bits per heavy atom. The molecule has 1 aliphatic carbocycles. The summed E-state index contributed by atoms with van der Waals surface area (Å²) in [4.78, 5) is 16.5. The highest BCUT2D eigenvalue weighted by atomic mass is 15.0. The summed E-state index contributed by atoms with van der Waals surface area (Å²) in [6, 6.07) is 9.97. The van der Waals surface area contributed by atoms with E-state index in [4.69, 9.17) is 0 Å². The zero-order valence-electron chi connectivity index (χ0n) is 18.7. The molecule has 6 heteroatoms. The zero-order valence-corrected chi connectivity index (χ0v) is 18.7. The minimum atomic E-state index is 0.429. The van der Waals surface area contributed by atoms with E-state index in [0.717, 1.165) is 24.7 Å². The number of nitrogens with zero attached hydrogens (tertiary/aromatic N) is 2. The molecule has 2 saturated heterocycles. The van der Waals surface area contributed by atoms with Crippen LogP contribution in [0.3, 0.4) is 0 Å². The number of aromatic nitrogens is 4. The van der Waals surface area contributed by atoms with Crippen molar-refractivity contribution in [3.63, 3.8) is 0 Å². The number of imidazole rings is 2. The lowest BCUT2D eigenvalue weighted by molar-refractivity contribution is 0.391. The zero-order chi connectivity index (χ0) is 21.3. The Morgan fingerprint density at radius 3 is 2.06 bits per heavy atom. The van der Waals surface area contributed by atoms with Crippen molar-refractivity contribution < 1.29 is 0 Å². The van der Waals surface area contributed by atoms with Gasteiger partial charge in [-0.3, -0.25) is 0 Å². The van der Waals surface area contributed by atoms with Gasteiger partial charge < -0.3 is 20.6 Å². The van der Waals surface area contributed by atoms with Crippen molar-refractivity contribution >= 4 is 0 Å². The fourth-order valence-corrected chi connectivity index (χ4v) is 5.91. The molecule has 2 aliphatic heterocycles. The maximum atomic E-state index is 4.69. The summed E-state index contributed by atoms with van der Waals surface area (Å²) in [7, 11) is 0. The highest BCUT2D eigenvalue weighted by molar-refractivity contribution is 5.56. The molecule has 6 nitrogen and oxygen atoms in total. The molecular formula is C26H34N6. The number of hydrogen-bond acceptors (Lipinski definition) is 4. The Kier molecular flexibility index (Phi) is 5.57. The molecule has 1 aromatic carbocycles. The van der Waals surface area contributed by atoms with Gasteiger partial charge >= 0.3 is 0 Å². The standard InChI is InChI=1S/C26H34N6/c1-3-21(27-13-1)24-16-29-25(32-24)20-11-7-18(8-12-20)17-5-9-19(10-6-17)23-15-30-26(31-23)22-4-2-14-28-22/h7-8,11-12,15-17,19,21-22,27-28H,1-6,9-10,13-14H2,(H,29,32)(H,30,31)/t17?,19?,21-,22-/m0/s1. The maximum absolute atomic E-state index is 4.69. The molecular weight excluding hydrogens is 396 g/mol. The van der Waals surface area contributed by atoms with Crippen molar-refractivity contribution in [2.75, 3.05) is 13.1 Å². The molecule has 0 spiro atoms. The molecule has 4 N–H and O–H groups in total.